The van der Waals surface area contributed by atoms with Crippen LogP contribution in [0.1, 0.15) is 71.8 Å². The number of rotatable bonds is 8. The second kappa shape index (κ2) is 9.49. The SMILES string of the molecule is CC(C)(C)OC(=O)CCCCCCn1c(=O)n(C2CCC(=O)NC2=O)c2ccccc21. The number of imidazole rings is 1. The average molecular weight is 430 g/mol. The number of ether oxygens (including phenoxy) is 1. The van der Waals surface area contributed by atoms with E-state index in [-0.39, 0.29) is 24.0 Å². The average Bonchev–Trinajstić information content (AvgIpc) is 2.95. The molecule has 0 radical (unpaired) electrons. The fourth-order valence-corrected chi connectivity index (χ4v) is 3.96. The monoisotopic (exact) mass is 429 g/mol. The van der Waals surface area contributed by atoms with E-state index in [0.717, 1.165) is 31.2 Å². The molecule has 1 fully saturated rings. The van der Waals surface area contributed by atoms with Gasteiger partial charge < -0.3 is 4.74 Å². The van der Waals surface area contributed by atoms with Gasteiger partial charge in [-0.3, -0.25) is 28.8 Å². The topological polar surface area (TPSA) is 99.4 Å². The van der Waals surface area contributed by atoms with Gasteiger partial charge in [0.1, 0.15) is 11.6 Å². The quantitative estimate of drug-likeness (QED) is 0.395. The van der Waals surface area contributed by atoms with Crippen LogP contribution in [0.15, 0.2) is 29.1 Å². The molecule has 2 heterocycles. The number of piperidine rings is 1. The third kappa shape index (κ3) is 5.62. The van der Waals surface area contributed by atoms with Gasteiger partial charge in [0.2, 0.25) is 11.8 Å². The lowest BCUT2D eigenvalue weighted by Gasteiger charge is -2.21. The van der Waals surface area contributed by atoms with Gasteiger partial charge in [-0.15, -0.1) is 0 Å². The third-order valence-corrected chi connectivity index (χ3v) is 5.32. The largest absolute Gasteiger partial charge is 0.460 e. The van der Waals surface area contributed by atoms with Crippen LogP contribution in [0.5, 0.6) is 0 Å². The predicted molar refractivity (Wildman–Crippen MR) is 117 cm³/mol. The van der Waals surface area contributed by atoms with Crippen LogP contribution < -0.4 is 11.0 Å². The number of unbranched alkanes of at least 4 members (excludes halogenated alkanes) is 3. The molecular formula is C23H31N3O5. The Bertz CT molecular complexity index is 1030. The first-order valence-electron chi connectivity index (χ1n) is 10.9. The normalized spacial score (nSPS) is 17.1. The molecule has 1 atom stereocenters. The molecule has 3 rings (SSSR count). The number of para-hydroxylation sites is 2. The van der Waals surface area contributed by atoms with E-state index in [1.54, 1.807) is 4.57 Å². The Morgan fingerprint density at radius 1 is 1.06 bits per heavy atom. The first kappa shape index (κ1) is 22.8. The molecule has 8 heteroatoms. The van der Waals surface area contributed by atoms with E-state index >= 15 is 0 Å². The summed E-state index contributed by atoms with van der Waals surface area (Å²) in [6.45, 7) is 6.10. The number of imide groups is 1. The van der Waals surface area contributed by atoms with Gasteiger partial charge in [0.15, 0.2) is 0 Å². The van der Waals surface area contributed by atoms with Crippen molar-refractivity contribution in [2.75, 3.05) is 0 Å². The van der Waals surface area contributed by atoms with Crippen LogP contribution >= 0.6 is 0 Å². The summed E-state index contributed by atoms with van der Waals surface area (Å²) in [5.74, 6) is -0.913. The molecule has 1 saturated heterocycles. The fourth-order valence-electron chi connectivity index (χ4n) is 3.96. The Morgan fingerprint density at radius 3 is 2.42 bits per heavy atom. The molecule has 0 aliphatic carbocycles. The number of benzene rings is 1. The second-order valence-corrected chi connectivity index (χ2v) is 9.01. The summed E-state index contributed by atoms with van der Waals surface area (Å²) in [5, 5.41) is 2.33. The molecule has 1 aliphatic rings. The molecule has 1 unspecified atom stereocenters. The highest BCUT2D eigenvalue weighted by Gasteiger charge is 2.31. The lowest BCUT2D eigenvalue weighted by atomic mass is 10.1. The number of fused-ring (bicyclic) bond motifs is 1. The number of carbonyl (C=O) groups excluding carboxylic acids is 3. The second-order valence-electron chi connectivity index (χ2n) is 9.01. The summed E-state index contributed by atoms with van der Waals surface area (Å²) in [6, 6.07) is 6.74. The lowest BCUT2D eigenvalue weighted by molar-refractivity contribution is -0.155. The Kier molecular flexibility index (Phi) is 6.97. The van der Waals surface area contributed by atoms with Crippen molar-refractivity contribution in [1.82, 2.24) is 14.5 Å². The number of hydrogen-bond acceptors (Lipinski definition) is 5. The molecular weight excluding hydrogens is 398 g/mol. The summed E-state index contributed by atoms with van der Waals surface area (Å²) in [4.78, 5) is 48.8. The van der Waals surface area contributed by atoms with Crippen LogP contribution in [-0.2, 0) is 25.7 Å². The molecule has 1 aliphatic heterocycles. The van der Waals surface area contributed by atoms with Crippen LogP contribution in [-0.4, -0.2) is 32.5 Å². The smallest absolute Gasteiger partial charge is 0.329 e. The van der Waals surface area contributed by atoms with Gasteiger partial charge in [0, 0.05) is 19.4 Å². The van der Waals surface area contributed by atoms with Crippen molar-refractivity contribution in [3.8, 4) is 0 Å². The molecule has 168 valence electrons. The Labute approximate surface area is 181 Å². The maximum absolute atomic E-state index is 13.2. The summed E-state index contributed by atoms with van der Waals surface area (Å²) >= 11 is 0. The van der Waals surface area contributed by atoms with Crippen LogP contribution in [0.3, 0.4) is 0 Å². The van der Waals surface area contributed by atoms with Crippen molar-refractivity contribution in [2.45, 2.75) is 83.9 Å². The molecule has 0 spiro atoms. The van der Waals surface area contributed by atoms with Crippen molar-refractivity contribution >= 4 is 28.8 Å². The van der Waals surface area contributed by atoms with Gasteiger partial charge in [-0.1, -0.05) is 25.0 Å². The molecule has 31 heavy (non-hydrogen) atoms. The minimum Gasteiger partial charge on any atom is -0.460 e. The van der Waals surface area contributed by atoms with E-state index in [4.69, 9.17) is 4.74 Å². The molecule has 0 saturated carbocycles. The number of nitrogens with one attached hydrogen (secondary N) is 1. The summed E-state index contributed by atoms with van der Waals surface area (Å²) in [7, 11) is 0. The highest BCUT2D eigenvalue weighted by Crippen LogP contribution is 2.23. The van der Waals surface area contributed by atoms with Crippen molar-refractivity contribution in [2.24, 2.45) is 0 Å². The van der Waals surface area contributed by atoms with Gasteiger partial charge >= 0.3 is 11.7 Å². The van der Waals surface area contributed by atoms with E-state index in [2.05, 4.69) is 5.32 Å². The molecule has 1 aromatic heterocycles. The fraction of sp³-hybridized carbons (Fsp3) is 0.565. The van der Waals surface area contributed by atoms with E-state index in [0.29, 0.717) is 24.9 Å². The zero-order valence-corrected chi connectivity index (χ0v) is 18.5. The number of carbonyl (C=O) groups is 3. The Hall–Kier alpha value is -2.90. The molecule has 2 aromatic rings. The number of esters is 1. The summed E-state index contributed by atoms with van der Waals surface area (Å²) < 4.78 is 8.53. The third-order valence-electron chi connectivity index (χ3n) is 5.32. The summed E-state index contributed by atoms with van der Waals surface area (Å²) in [6.07, 6.45) is 4.24. The van der Waals surface area contributed by atoms with Crippen molar-refractivity contribution in [1.29, 1.82) is 0 Å². The number of aromatic nitrogens is 2. The van der Waals surface area contributed by atoms with Crippen molar-refractivity contribution in [3.05, 3.63) is 34.7 Å². The molecule has 0 bridgehead atoms. The van der Waals surface area contributed by atoms with Crippen LogP contribution in [0.2, 0.25) is 0 Å². The molecule has 8 nitrogen and oxygen atoms in total. The highest BCUT2D eigenvalue weighted by atomic mass is 16.6. The molecule has 1 N–H and O–H groups in total. The number of amides is 2. The van der Waals surface area contributed by atoms with E-state index in [1.165, 1.54) is 4.57 Å². The van der Waals surface area contributed by atoms with E-state index in [1.807, 2.05) is 45.0 Å². The van der Waals surface area contributed by atoms with Gasteiger partial charge in [-0.05, 0) is 52.2 Å². The standard InChI is InChI=1S/C23H31N3O5/c1-23(2,3)31-20(28)12-6-4-5-9-15-25-16-10-7-8-11-17(16)26(22(25)30)18-13-14-19(27)24-21(18)29/h7-8,10-11,18H,4-6,9,12-15H2,1-3H3,(H,24,27,29). The minimum atomic E-state index is -0.676. The lowest BCUT2D eigenvalue weighted by Crippen LogP contribution is -2.44. The maximum atomic E-state index is 13.2. The van der Waals surface area contributed by atoms with Crippen LogP contribution in [0, 0.1) is 0 Å². The Balaban J connectivity index is 1.62. The summed E-state index contributed by atoms with van der Waals surface area (Å²) in [5.41, 5.74) is 0.789. The van der Waals surface area contributed by atoms with Gasteiger partial charge in [-0.25, -0.2) is 4.79 Å². The van der Waals surface area contributed by atoms with Gasteiger partial charge in [0.05, 0.1) is 11.0 Å². The first-order valence-corrected chi connectivity index (χ1v) is 10.9. The highest BCUT2D eigenvalue weighted by molar-refractivity contribution is 6.00. The van der Waals surface area contributed by atoms with Crippen molar-refractivity contribution < 1.29 is 19.1 Å². The predicted octanol–water partition coefficient (Wildman–Crippen LogP) is 3.07. The van der Waals surface area contributed by atoms with E-state index in [9.17, 15) is 19.2 Å². The molecule has 1 aromatic carbocycles. The minimum absolute atomic E-state index is 0.184. The van der Waals surface area contributed by atoms with Crippen LogP contribution in [0.25, 0.3) is 11.0 Å². The van der Waals surface area contributed by atoms with Crippen molar-refractivity contribution in [3.63, 3.8) is 0 Å². The van der Waals surface area contributed by atoms with Crippen LogP contribution in [0.4, 0.5) is 0 Å². The molecule has 2 amide bonds. The Morgan fingerprint density at radius 2 is 1.74 bits per heavy atom. The zero-order valence-electron chi connectivity index (χ0n) is 18.5. The van der Waals surface area contributed by atoms with E-state index < -0.39 is 17.6 Å². The first-order chi connectivity index (χ1) is 14.7. The number of aryl methyl sites for hydroxylation is 1. The maximum Gasteiger partial charge on any atom is 0.329 e. The van der Waals surface area contributed by atoms with Gasteiger partial charge in [-0.2, -0.15) is 0 Å². The zero-order chi connectivity index (χ0) is 22.6. The van der Waals surface area contributed by atoms with Gasteiger partial charge in [0.25, 0.3) is 0 Å². The number of nitrogens with zero attached hydrogens (tertiary/aromatic N) is 2. The number of hydrogen-bond donors (Lipinski definition) is 1.